The van der Waals surface area contributed by atoms with Gasteiger partial charge in [0.1, 0.15) is 6.54 Å². The van der Waals surface area contributed by atoms with E-state index in [-0.39, 0.29) is 17.4 Å². The first-order valence-electron chi connectivity index (χ1n) is 9.18. The molecule has 0 bridgehead atoms. The van der Waals surface area contributed by atoms with Gasteiger partial charge in [-0.2, -0.15) is 0 Å². The van der Waals surface area contributed by atoms with Gasteiger partial charge in [-0.05, 0) is 54.3 Å². The molecule has 2 saturated heterocycles. The zero-order valence-electron chi connectivity index (χ0n) is 16.3. The lowest BCUT2D eigenvalue weighted by Crippen LogP contribution is -2.45. The van der Waals surface area contributed by atoms with E-state index in [1.807, 2.05) is 0 Å². The van der Waals surface area contributed by atoms with Crippen molar-refractivity contribution in [3.8, 4) is 11.5 Å². The van der Waals surface area contributed by atoms with Crippen LogP contribution in [-0.2, 0) is 9.59 Å². The minimum absolute atomic E-state index is 0.179. The number of thioether (sulfide) groups is 1. The van der Waals surface area contributed by atoms with Crippen LogP contribution in [0.3, 0.4) is 0 Å². The third-order valence-electron chi connectivity index (χ3n) is 5.01. The number of hydrogen-bond donors (Lipinski definition) is 0. The fraction of sp³-hybridized carbons (Fsp3) is 0.450. The Balaban J connectivity index is 1.71. The predicted molar refractivity (Wildman–Crippen MR) is 107 cm³/mol. The van der Waals surface area contributed by atoms with Crippen LogP contribution in [-0.4, -0.2) is 60.7 Å². The smallest absolute Gasteiger partial charge is 0.294 e. The van der Waals surface area contributed by atoms with Crippen LogP contribution in [0, 0.1) is 5.92 Å². The third kappa shape index (κ3) is 4.32. The van der Waals surface area contributed by atoms with Gasteiger partial charge in [0, 0.05) is 13.1 Å². The largest absolute Gasteiger partial charge is 0.493 e. The monoisotopic (exact) mass is 404 g/mol. The summed E-state index contributed by atoms with van der Waals surface area (Å²) >= 11 is 0.845. The molecule has 2 heterocycles. The molecule has 150 valence electrons. The molecule has 0 aromatic heterocycles. The molecule has 2 fully saturated rings. The lowest BCUT2D eigenvalue weighted by Gasteiger charge is -2.31. The Morgan fingerprint density at radius 1 is 1.18 bits per heavy atom. The van der Waals surface area contributed by atoms with Crippen LogP contribution < -0.4 is 9.47 Å². The molecule has 2 aliphatic heterocycles. The van der Waals surface area contributed by atoms with Crippen LogP contribution in [0.2, 0.25) is 0 Å². The fourth-order valence-electron chi connectivity index (χ4n) is 3.22. The molecule has 3 amide bonds. The summed E-state index contributed by atoms with van der Waals surface area (Å²) < 4.78 is 10.5. The summed E-state index contributed by atoms with van der Waals surface area (Å²) in [4.78, 5) is 40.5. The molecule has 8 heteroatoms. The van der Waals surface area contributed by atoms with E-state index in [9.17, 15) is 14.4 Å². The first-order chi connectivity index (χ1) is 13.4. The Morgan fingerprint density at radius 3 is 2.50 bits per heavy atom. The molecule has 0 aliphatic carbocycles. The molecule has 1 aromatic rings. The van der Waals surface area contributed by atoms with E-state index >= 15 is 0 Å². The molecule has 2 aliphatic rings. The lowest BCUT2D eigenvalue weighted by molar-refractivity contribution is -0.136. The second kappa shape index (κ2) is 8.68. The van der Waals surface area contributed by atoms with Crippen molar-refractivity contribution in [2.24, 2.45) is 5.92 Å². The van der Waals surface area contributed by atoms with Gasteiger partial charge in [0.2, 0.25) is 5.91 Å². The van der Waals surface area contributed by atoms with Crippen molar-refractivity contribution in [1.29, 1.82) is 0 Å². The predicted octanol–water partition coefficient (Wildman–Crippen LogP) is 3.00. The number of likely N-dealkylation sites (tertiary alicyclic amines) is 1. The SMILES string of the molecule is COc1ccc(/C=C2/SC(=O)N(CC(=O)N3CCC(C)CC3)C2=O)cc1OC. The highest BCUT2D eigenvalue weighted by molar-refractivity contribution is 8.18. The standard InChI is InChI=1S/C20H24N2O5S/c1-13-6-8-21(9-7-13)18(23)12-22-19(24)17(28-20(22)25)11-14-4-5-15(26-2)16(10-14)27-3/h4-5,10-11,13H,6-9,12H2,1-3H3/b17-11+. The zero-order valence-corrected chi connectivity index (χ0v) is 17.1. The van der Waals surface area contributed by atoms with Crippen LogP contribution in [0.5, 0.6) is 11.5 Å². The molecule has 3 rings (SSSR count). The lowest BCUT2D eigenvalue weighted by atomic mass is 9.99. The summed E-state index contributed by atoms with van der Waals surface area (Å²) in [7, 11) is 3.07. The number of rotatable bonds is 5. The number of imide groups is 1. The van der Waals surface area contributed by atoms with Gasteiger partial charge < -0.3 is 14.4 Å². The van der Waals surface area contributed by atoms with Crippen molar-refractivity contribution >= 4 is 34.9 Å². The number of methoxy groups -OCH3 is 2. The van der Waals surface area contributed by atoms with E-state index in [1.54, 1.807) is 36.3 Å². The van der Waals surface area contributed by atoms with E-state index < -0.39 is 11.1 Å². The van der Waals surface area contributed by atoms with Crippen molar-refractivity contribution in [3.05, 3.63) is 28.7 Å². The van der Waals surface area contributed by atoms with Gasteiger partial charge in [-0.1, -0.05) is 13.0 Å². The Hall–Kier alpha value is -2.48. The number of carbonyl (C=O) groups is 3. The average Bonchev–Trinajstić information content (AvgIpc) is 2.95. The Labute approximate surface area is 168 Å². The van der Waals surface area contributed by atoms with Crippen molar-refractivity contribution in [1.82, 2.24) is 9.80 Å². The molecule has 1 aromatic carbocycles. The molecule has 0 N–H and O–H groups in total. The normalized spacial score (nSPS) is 19.5. The van der Waals surface area contributed by atoms with Crippen LogP contribution in [0.4, 0.5) is 4.79 Å². The molecule has 0 radical (unpaired) electrons. The zero-order chi connectivity index (χ0) is 20.3. The van der Waals surface area contributed by atoms with Gasteiger partial charge in [-0.25, -0.2) is 0 Å². The number of amides is 3. The molecular formula is C20H24N2O5S. The van der Waals surface area contributed by atoms with Crippen LogP contribution in [0.25, 0.3) is 6.08 Å². The highest BCUT2D eigenvalue weighted by Crippen LogP contribution is 2.34. The molecule has 0 atom stereocenters. The molecule has 0 saturated carbocycles. The molecule has 7 nitrogen and oxygen atoms in total. The topological polar surface area (TPSA) is 76.2 Å². The van der Waals surface area contributed by atoms with Crippen LogP contribution in [0.1, 0.15) is 25.3 Å². The summed E-state index contributed by atoms with van der Waals surface area (Å²) in [6.07, 6.45) is 3.53. The van der Waals surface area contributed by atoms with Gasteiger partial charge in [0.15, 0.2) is 11.5 Å². The molecule has 0 spiro atoms. The number of hydrogen-bond acceptors (Lipinski definition) is 6. The van der Waals surface area contributed by atoms with E-state index in [0.29, 0.717) is 36.1 Å². The van der Waals surface area contributed by atoms with Gasteiger partial charge in [-0.3, -0.25) is 19.3 Å². The van der Waals surface area contributed by atoms with E-state index in [2.05, 4.69) is 6.92 Å². The van der Waals surface area contributed by atoms with E-state index in [0.717, 1.165) is 29.5 Å². The summed E-state index contributed by atoms with van der Waals surface area (Å²) in [5, 5.41) is -0.421. The summed E-state index contributed by atoms with van der Waals surface area (Å²) in [6.45, 7) is 3.31. The number of nitrogens with zero attached hydrogens (tertiary/aromatic N) is 2. The number of carbonyl (C=O) groups excluding carboxylic acids is 3. The Bertz CT molecular complexity index is 815. The summed E-state index contributed by atoms with van der Waals surface area (Å²) in [5.74, 6) is 1.09. The Morgan fingerprint density at radius 2 is 1.86 bits per heavy atom. The average molecular weight is 404 g/mol. The van der Waals surface area contributed by atoms with Crippen LogP contribution >= 0.6 is 11.8 Å². The van der Waals surface area contributed by atoms with Crippen molar-refractivity contribution in [2.45, 2.75) is 19.8 Å². The molecular weight excluding hydrogens is 380 g/mol. The number of piperidine rings is 1. The minimum Gasteiger partial charge on any atom is -0.493 e. The van der Waals surface area contributed by atoms with Crippen molar-refractivity contribution < 1.29 is 23.9 Å². The van der Waals surface area contributed by atoms with Gasteiger partial charge in [0.05, 0.1) is 19.1 Å². The molecule has 28 heavy (non-hydrogen) atoms. The van der Waals surface area contributed by atoms with E-state index in [4.69, 9.17) is 9.47 Å². The van der Waals surface area contributed by atoms with E-state index in [1.165, 1.54) is 7.11 Å². The summed E-state index contributed by atoms with van der Waals surface area (Å²) in [5.41, 5.74) is 0.708. The van der Waals surface area contributed by atoms with Crippen molar-refractivity contribution in [2.75, 3.05) is 33.9 Å². The highest BCUT2D eigenvalue weighted by atomic mass is 32.2. The van der Waals surface area contributed by atoms with Crippen LogP contribution in [0.15, 0.2) is 23.1 Å². The maximum Gasteiger partial charge on any atom is 0.294 e. The first kappa shape index (κ1) is 20.3. The number of ether oxygens (including phenoxy) is 2. The summed E-state index contributed by atoms with van der Waals surface area (Å²) in [6, 6.07) is 5.23. The second-order valence-electron chi connectivity index (χ2n) is 6.95. The first-order valence-corrected chi connectivity index (χ1v) is 9.99. The quantitative estimate of drug-likeness (QED) is 0.703. The van der Waals surface area contributed by atoms with Gasteiger partial charge >= 0.3 is 0 Å². The number of benzene rings is 1. The Kier molecular flexibility index (Phi) is 6.28. The molecule has 0 unspecified atom stereocenters. The minimum atomic E-state index is -0.441. The third-order valence-corrected chi connectivity index (χ3v) is 5.92. The highest BCUT2D eigenvalue weighted by Gasteiger charge is 2.37. The second-order valence-corrected chi connectivity index (χ2v) is 7.94. The van der Waals surface area contributed by atoms with Gasteiger partial charge in [0.25, 0.3) is 11.1 Å². The maximum atomic E-state index is 12.7. The maximum absolute atomic E-state index is 12.7. The van der Waals surface area contributed by atoms with Crippen molar-refractivity contribution in [3.63, 3.8) is 0 Å². The fourth-order valence-corrected chi connectivity index (χ4v) is 4.06. The van der Waals surface area contributed by atoms with Gasteiger partial charge in [-0.15, -0.1) is 0 Å².